The number of fused-ring (bicyclic) bond motifs is 2. The lowest BCUT2D eigenvalue weighted by Crippen LogP contribution is -2.49. The van der Waals surface area contributed by atoms with Crippen LogP contribution in [0.4, 0.5) is 10.1 Å². The number of carbonyl (C=O) groups is 2. The number of Topliss-reactive ketones (excluding diaryl/α,β-unsaturated/α-hetero) is 1. The van der Waals surface area contributed by atoms with Crippen LogP contribution >= 0.6 is 23.2 Å². The van der Waals surface area contributed by atoms with Crippen LogP contribution in [0.15, 0.2) is 36.4 Å². The maximum atomic E-state index is 15.7. The summed E-state index contributed by atoms with van der Waals surface area (Å²) in [5.74, 6) is -1.82. The molecule has 1 amide bonds. The number of benzene rings is 2. The van der Waals surface area contributed by atoms with Crippen molar-refractivity contribution in [3.63, 3.8) is 0 Å². The molecule has 6 nitrogen and oxygen atoms in total. The van der Waals surface area contributed by atoms with Crippen LogP contribution in [-0.4, -0.2) is 50.7 Å². The number of ether oxygens (including phenoxy) is 2. The van der Waals surface area contributed by atoms with Crippen molar-refractivity contribution in [3.8, 4) is 0 Å². The molecule has 0 radical (unpaired) electrons. The predicted octanol–water partition coefficient (Wildman–Crippen LogP) is 5.90. The lowest BCUT2D eigenvalue weighted by Gasteiger charge is -2.37. The Balaban J connectivity index is 1.82. The van der Waals surface area contributed by atoms with Gasteiger partial charge in [-0.25, -0.2) is 4.39 Å². The van der Waals surface area contributed by atoms with E-state index in [9.17, 15) is 9.59 Å². The first-order valence-electron chi connectivity index (χ1n) is 12.9. The van der Waals surface area contributed by atoms with E-state index in [-0.39, 0.29) is 34.1 Å². The highest BCUT2D eigenvalue weighted by Crippen LogP contribution is 2.57. The van der Waals surface area contributed by atoms with Gasteiger partial charge >= 0.3 is 0 Å². The van der Waals surface area contributed by atoms with Gasteiger partial charge in [0.15, 0.2) is 5.78 Å². The molecule has 2 heterocycles. The SMILES string of the molecule is COCCOCCCC(=O)[C@@H]1N[C@H](CC(C)(C)C)[C@]2(C(=O)Nc3cc(Cl)ccc32)[C@H]1c1cccc(Cl)c1F. The first kappa shape index (κ1) is 29.0. The van der Waals surface area contributed by atoms with Crippen LogP contribution in [-0.2, 0) is 24.5 Å². The molecule has 0 bridgehead atoms. The molecule has 2 aromatic carbocycles. The molecular weight excluding hydrogens is 530 g/mol. The molecular formula is C29H35Cl2FN2O4. The van der Waals surface area contributed by atoms with Gasteiger partial charge in [0.05, 0.1) is 24.3 Å². The Bertz CT molecular complexity index is 1200. The van der Waals surface area contributed by atoms with Crippen molar-refractivity contribution in [2.24, 2.45) is 5.41 Å². The van der Waals surface area contributed by atoms with E-state index in [0.717, 1.165) is 0 Å². The normalized spacial score (nSPS) is 24.6. The number of ketones is 1. The zero-order valence-corrected chi connectivity index (χ0v) is 23.7. The summed E-state index contributed by atoms with van der Waals surface area (Å²) in [4.78, 5) is 27.9. The highest BCUT2D eigenvalue weighted by molar-refractivity contribution is 6.31. The number of nitrogens with one attached hydrogen (secondary N) is 2. The molecule has 0 unspecified atom stereocenters. The summed E-state index contributed by atoms with van der Waals surface area (Å²) >= 11 is 12.5. The van der Waals surface area contributed by atoms with Crippen LogP contribution in [0, 0.1) is 11.2 Å². The number of amides is 1. The van der Waals surface area contributed by atoms with Crippen molar-refractivity contribution >= 4 is 40.6 Å². The summed E-state index contributed by atoms with van der Waals surface area (Å²) in [6.07, 6.45) is 1.29. The average Bonchev–Trinajstić information content (AvgIpc) is 3.31. The van der Waals surface area contributed by atoms with Crippen molar-refractivity contribution in [2.45, 2.75) is 63.5 Å². The van der Waals surface area contributed by atoms with Gasteiger partial charge in [-0.2, -0.15) is 0 Å². The number of hydrogen-bond acceptors (Lipinski definition) is 5. The van der Waals surface area contributed by atoms with Crippen molar-refractivity contribution in [2.75, 3.05) is 32.2 Å². The molecule has 0 aromatic heterocycles. The molecule has 4 rings (SSSR count). The summed E-state index contributed by atoms with van der Waals surface area (Å²) in [5, 5.41) is 6.92. The Labute approximate surface area is 233 Å². The predicted molar refractivity (Wildman–Crippen MR) is 148 cm³/mol. The van der Waals surface area contributed by atoms with Gasteiger partial charge in [0, 0.05) is 42.8 Å². The minimum absolute atomic E-state index is 0.0515. The van der Waals surface area contributed by atoms with Gasteiger partial charge in [0.1, 0.15) is 11.2 Å². The molecule has 38 heavy (non-hydrogen) atoms. The van der Waals surface area contributed by atoms with Crippen molar-refractivity contribution in [1.82, 2.24) is 5.32 Å². The van der Waals surface area contributed by atoms with E-state index >= 15 is 4.39 Å². The number of halogens is 3. The van der Waals surface area contributed by atoms with E-state index in [1.54, 1.807) is 31.4 Å². The van der Waals surface area contributed by atoms with Gasteiger partial charge in [-0.15, -0.1) is 0 Å². The van der Waals surface area contributed by atoms with Crippen LogP contribution < -0.4 is 10.6 Å². The first-order chi connectivity index (χ1) is 18.0. The van der Waals surface area contributed by atoms with E-state index in [2.05, 4.69) is 31.4 Å². The second-order valence-corrected chi connectivity index (χ2v) is 12.1. The summed E-state index contributed by atoms with van der Waals surface area (Å²) < 4.78 is 26.3. The molecule has 2 aliphatic rings. The molecule has 1 saturated heterocycles. The third-order valence-electron chi connectivity index (χ3n) is 7.43. The Morgan fingerprint density at radius 2 is 1.89 bits per heavy atom. The van der Waals surface area contributed by atoms with E-state index in [0.29, 0.717) is 48.9 Å². The summed E-state index contributed by atoms with van der Waals surface area (Å²) in [6.45, 7) is 7.57. The Hall–Kier alpha value is -2.03. The largest absolute Gasteiger partial charge is 0.382 e. The zero-order chi connectivity index (χ0) is 27.7. The highest BCUT2D eigenvalue weighted by Gasteiger charge is 2.65. The number of methoxy groups -OCH3 is 1. The van der Waals surface area contributed by atoms with Crippen LogP contribution in [0.25, 0.3) is 0 Å². The highest BCUT2D eigenvalue weighted by atomic mass is 35.5. The quantitative estimate of drug-likeness (QED) is 0.351. The minimum Gasteiger partial charge on any atom is -0.382 e. The van der Waals surface area contributed by atoms with Gasteiger partial charge in [0.2, 0.25) is 5.91 Å². The Morgan fingerprint density at radius 1 is 1.13 bits per heavy atom. The maximum Gasteiger partial charge on any atom is 0.237 e. The third-order valence-corrected chi connectivity index (χ3v) is 7.96. The second-order valence-electron chi connectivity index (χ2n) is 11.3. The molecule has 2 N–H and O–H groups in total. The van der Waals surface area contributed by atoms with E-state index in [1.807, 2.05) is 6.07 Å². The first-order valence-corrected chi connectivity index (χ1v) is 13.7. The molecule has 4 atom stereocenters. The summed E-state index contributed by atoms with van der Waals surface area (Å²) in [7, 11) is 1.60. The average molecular weight is 566 g/mol. The van der Waals surface area contributed by atoms with Crippen molar-refractivity contribution in [1.29, 1.82) is 0 Å². The zero-order valence-electron chi connectivity index (χ0n) is 22.2. The Morgan fingerprint density at radius 3 is 2.61 bits per heavy atom. The number of carbonyl (C=O) groups excluding carboxylic acids is 2. The lowest BCUT2D eigenvalue weighted by atomic mass is 9.62. The van der Waals surface area contributed by atoms with Crippen molar-refractivity contribution < 1.29 is 23.5 Å². The third kappa shape index (κ3) is 5.50. The monoisotopic (exact) mass is 564 g/mol. The topological polar surface area (TPSA) is 76.7 Å². The number of rotatable bonds is 10. The van der Waals surface area contributed by atoms with Gasteiger partial charge in [0.25, 0.3) is 0 Å². The smallest absolute Gasteiger partial charge is 0.237 e. The van der Waals surface area contributed by atoms with Crippen LogP contribution in [0.5, 0.6) is 0 Å². The van der Waals surface area contributed by atoms with Gasteiger partial charge in [-0.1, -0.05) is 62.2 Å². The number of anilines is 1. The molecule has 2 aliphatic heterocycles. The fourth-order valence-corrected chi connectivity index (χ4v) is 6.31. The molecule has 0 aliphatic carbocycles. The molecule has 2 aromatic rings. The Kier molecular flexibility index (Phi) is 8.85. The second kappa shape index (κ2) is 11.6. The molecule has 0 saturated carbocycles. The van der Waals surface area contributed by atoms with Crippen molar-refractivity contribution in [3.05, 3.63) is 63.4 Å². The summed E-state index contributed by atoms with van der Waals surface area (Å²) in [6, 6.07) is 8.76. The van der Waals surface area contributed by atoms with Crippen LogP contribution in [0.3, 0.4) is 0 Å². The molecule has 1 fully saturated rings. The van der Waals surface area contributed by atoms with E-state index in [1.165, 1.54) is 6.07 Å². The molecule has 1 spiro atoms. The van der Waals surface area contributed by atoms with Gasteiger partial charge in [-0.3, -0.25) is 9.59 Å². The van der Waals surface area contributed by atoms with Gasteiger partial charge in [-0.05, 0) is 47.6 Å². The lowest BCUT2D eigenvalue weighted by molar-refractivity contribution is -0.122. The summed E-state index contributed by atoms with van der Waals surface area (Å²) in [5.41, 5.74) is 0.0965. The van der Waals surface area contributed by atoms with Gasteiger partial charge < -0.3 is 20.1 Å². The minimum atomic E-state index is -1.24. The van der Waals surface area contributed by atoms with Crippen LogP contribution in [0.1, 0.15) is 57.1 Å². The number of hydrogen-bond donors (Lipinski definition) is 2. The fourth-order valence-electron chi connectivity index (χ4n) is 5.95. The van der Waals surface area contributed by atoms with E-state index < -0.39 is 29.2 Å². The molecule has 9 heteroatoms. The van der Waals surface area contributed by atoms with Crippen LogP contribution in [0.2, 0.25) is 10.0 Å². The fraction of sp³-hybridized carbons (Fsp3) is 0.517. The molecule has 206 valence electrons. The standard InChI is InChI=1S/C29H35Cl2FN2O4/c1-28(2,3)16-23-29(19-11-10-17(30)15-21(19)33-27(29)36)24(18-7-5-8-20(31)25(18)32)26(34-23)22(35)9-6-12-38-14-13-37-4/h5,7-8,10-11,15,23-24,26,34H,6,9,12-14,16H2,1-4H3,(H,33,36)/t23-,24+,26+,29+/m1/s1. The maximum absolute atomic E-state index is 15.7. The van der Waals surface area contributed by atoms with E-state index in [4.69, 9.17) is 32.7 Å².